The van der Waals surface area contributed by atoms with E-state index >= 15 is 0 Å². The quantitative estimate of drug-likeness (QED) is 0.841. The molecule has 0 radical (unpaired) electrons. The van der Waals surface area contributed by atoms with Crippen LogP contribution >= 0.6 is 12.2 Å². The first-order chi connectivity index (χ1) is 9.88. The zero-order valence-corrected chi connectivity index (χ0v) is 12.4. The van der Waals surface area contributed by atoms with Crippen molar-refractivity contribution >= 4 is 17.2 Å². The van der Waals surface area contributed by atoms with Gasteiger partial charge in [-0.2, -0.15) is 13.2 Å². The monoisotopic (exact) mass is 317 g/mol. The number of thiocarbonyl (C=S) groups is 1. The van der Waals surface area contributed by atoms with Crippen LogP contribution in [-0.2, 0) is 6.18 Å². The summed E-state index contributed by atoms with van der Waals surface area (Å²) in [5.74, 6) is 0.866. The predicted molar refractivity (Wildman–Crippen MR) is 79.4 cm³/mol. The Labute approximate surface area is 127 Å². The molecule has 1 aromatic carbocycles. The normalized spacial score (nSPS) is 16.7. The Morgan fingerprint density at radius 1 is 1.24 bits per heavy atom. The number of rotatable bonds is 4. The van der Waals surface area contributed by atoms with Crippen LogP contribution in [0.2, 0.25) is 0 Å². The summed E-state index contributed by atoms with van der Waals surface area (Å²) in [5, 5.41) is 0. The molecule has 2 nitrogen and oxygen atoms in total. The molecule has 0 atom stereocenters. The van der Waals surface area contributed by atoms with Gasteiger partial charge in [0, 0.05) is 5.56 Å². The van der Waals surface area contributed by atoms with Gasteiger partial charge in [0.1, 0.15) is 10.7 Å². The lowest BCUT2D eigenvalue weighted by Gasteiger charge is -2.22. The van der Waals surface area contributed by atoms with Crippen LogP contribution in [0.5, 0.6) is 5.75 Å². The van der Waals surface area contributed by atoms with Gasteiger partial charge in [0.25, 0.3) is 0 Å². The zero-order chi connectivity index (χ0) is 15.5. The fraction of sp³-hybridized carbons (Fsp3) is 0.533. The van der Waals surface area contributed by atoms with Gasteiger partial charge in [-0.1, -0.05) is 31.5 Å². The number of nitrogens with two attached hydrogens (primary N) is 1. The summed E-state index contributed by atoms with van der Waals surface area (Å²) in [7, 11) is 0. The maximum Gasteiger partial charge on any atom is 0.417 e. The first kappa shape index (κ1) is 16.1. The van der Waals surface area contributed by atoms with Crippen LogP contribution in [0.1, 0.15) is 43.2 Å². The van der Waals surface area contributed by atoms with E-state index in [1.165, 1.54) is 31.4 Å². The van der Waals surface area contributed by atoms with E-state index in [0.29, 0.717) is 18.3 Å². The van der Waals surface area contributed by atoms with E-state index in [0.717, 1.165) is 18.9 Å². The maximum atomic E-state index is 12.9. The fourth-order valence-electron chi connectivity index (χ4n) is 2.63. The van der Waals surface area contributed by atoms with E-state index in [2.05, 4.69) is 0 Å². The van der Waals surface area contributed by atoms with Crippen LogP contribution < -0.4 is 10.5 Å². The van der Waals surface area contributed by atoms with Crippen molar-refractivity contribution in [1.29, 1.82) is 0 Å². The maximum absolute atomic E-state index is 12.9. The highest BCUT2D eigenvalue weighted by atomic mass is 32.1. The van der Waals surface area contributed by atoms with Crippen LogP contribution in [0.25, 0.3) is 0 Å². The summed E-state index contributed by atoms with van der Waals surface area (Å²) in [6.07, 6.45) is 1.40. The van der Waals surface area contributed by atoms with Crippen molar-refractivity contribution in [3.63, 3.8) is 0 Å². The van der Waals surface area contributed by atoms with Gasteiger partial charge in [-0.3, -0.25) is 0 Å². The third kappa shape index (κ3) is 4.33. The lowest BCUT2D eigenvalue weighted by Crippen LogP contribution is -2.19. The largest absolute Gasteiger partial charge is 0.493 e. The third-order valence-corrected chi connectivity index (χ3v) is 3.99. The minimum atomic E-state index is -4.47. The van der Waals surface area contributed by atoms with Crippen molar-refractivity contribution in [2.45, 2.75) is 38.3 Å². The van der Waals surface area contributed by atoms with Gasteiger partial charge in [-0.15, -0.1) is 0 Å². The molecule has 0 aromatic heterocycles. The Morgan fingerprint density at radius 3 is 2.48 bits per heavy atom. The summed E-state index contributed by atoms with van der Waals surface area (Å²) >= 11 is 4.71. The Hall–Kier alpha value is -1.30. The molecule has 2 rings (SSSR count). The van der Waals surface area contributed by atoms with Crippen molar-refractivity contribution in [2.75, 3.05) is 6.61 Å². The predicted octanol–water partition coefficient (Wildman–Crippen LogP) is 4.30. The van der Waals surface area contributed by atoms with E-state index < -0.39 is 11.7 Å². The first-order valence-electron chi connectivity index (χ1n) is 7.02. The fourth-order valence-corrected chi connectivity index (χ4v) is 2.80. The highest BCUT2D eigenvalue weighted by Crippen LogP contribution is 2.34. The van der Waals surface area contributed by atoms with E-state index in [1.807, 2.05) is 0 Å². The molecule has 1 aliphatic carbocycles. The van der Waals surface area contributed by atoms with Crippen LogP contribution in [0, 0.1) is 5.92 Å². The van der Waals surface area contributed by atoms with Gasteiger partial charge in [-0.05, 0) is 37.0 Å². The smallest absolute Gasteiger partial charge is 0.417 e. The summed E-state index contributed by atoms with van der Waals surface area (Å²) in [4.78, 5) is -0.273. The molecular formula is C15H18F3NOS. The Balaban J connectivity index is 2.10. The molecule has 0 aliphatic heterocycles. The van der Waals surface area contributed by atoms with Gasteiger partial charge >= 0.3 is 6.18 Å². The molecule has 0 heterocycles. The van der Waals surface area contributed by atoms with Gasteiger partial charge in [0.2, 0.25) is 0 Å². The molecule has 1 fully saturated rings. The molecule has 0 saturated heterocycles. The van der Waals surface area contributed by atoms with Crippen LogP contribution in [0.15, 0.2) is 18.2 Å². The van der Waals surface area contributed by atoms with Gasteiger partial charge in [0.05, 0.1) is 12.2 Å². The molecule has 0 bridgehead atoms. The average molecular weight is 317 g/mol. The number of alkyl halides is 3. The zero-order valence-electron chi connectivity index (χ0n) is 11.6. The minimum absolute atomic E-state index is 0.182. The number of hydrogen-bond donors (Lipinski definition) is 1. The molecule has 1 aromatic rings. The second-order valence-corrected chi connectivity index (χ2v) is 5.82. The van der Waals surface area contributed by atoms with Gasteiger partial charge < -0.3 is 10.5 Å². The minimum Gasteiger partial charge on any atom is -0.493 e. The van der Waals surface area contributed by atoms with E-state index in [-0.39, 0.29) is 10.6 Å². The van der Waals surface area contributed by atoms with Gasteiger partial charge in [-0.25, -0.2) is 0 Å². The third-order valence-electron chi connectivity index (χ3n) is 3.77. The Kier molecular flexibility index (Phi) is 5.08. The number of benzene rings is 1. The van der Waals surface area contributed by atoms with Crippen LogP contribution in [0.3, 0.4) is 0 Å². The van der Waals surface area contributed by atoms with E-state index in [1.54, 1.807) is 0 Å². The second-order valence-electron chi connectivity index (χ2n) is 5.38. The standard InChI is InChI=1S/C15H18F3NOS/c16-15(17,18)13-7-6-11(8-12(13)14(19)21)20-9-10-4-2-1-3-5-10/h6-8,10H,1-5,9H2,(H2,19,21). The molecule has 116 valence electrons. The molecule has 1 saturated carbocycles. The number of halogens is 3. The molecule has 0 unspecified atom stereocenters. The Bertz CT molecular complexity index is 510. The van der Waals surface area contributed by atoms with Crippen molar-refractivity contribution in [3.8, 4) is 5.75 Å². The molecule has 1 aliphatic rings. The van der Waals surface area contributed by atoms with Crippen molar-refractivity contribution in [3.05, 3.63) is 29.3 Å². The second kappa shape index (κ2) is 6.64. The Morgan fingerprint density at radius 2 is 1.90 bits per heavy atom. The number of ether oxygens (including phenoxy) is 1. The molecule has 2 N–H and O–H groups in total. The molecule has 6 heteroatoms. The lowest BCUT2D eigenvalue weighted by atomic mass is 9.90. The van der Waals surface area contributed by atoms with Crippen molar-refractivity contribution in [2.24, 2.45) is 11.7 Å². The highest BCUT2D eigenvalue weighted by molar-refractivity contribution is 7.80. The average Bonchev–Trinajstić information content (AvgIpc) is 2.45. The van der Waals surface area contributed by atoms with E-state index in [4.69, 9.17) is 22.7 Å². The molecular weight excluding hydrogens is 299 g/mol. The topological polar surface area (TPSA) is 35.2 Å². The van der Waals surface area contributed by atoms with Gasteiger partial charge in [0.15, 0.2) is 0 Å². The molecule has 0 spiro atoms. The first-order valence-corrected chi connectivity index (χ1v) is 7.42. The SMILES string of the molecule is NC(=S)c1cc(OCC2CCCCC2)ccc1C(F)(F)F. The van der Waals surface area contributed by atoms with Crippen LogP contribution in [-0.4, -0.2) is 11.6 Å². The molecule has 0 amide bonds. The summed E-state index contributed by atoms with van der Waals surface area (Å²) in [5.41, 5.74) is 4.39. The van der Waals surface area contributed by atoms with Crippen molar-refractivity contribution < 1.29 is 17.9 Å². The molecule has 21 heavy (non-hydrogen) atoms. The van der Waals surface area contributed by atoms with E-state index in [9.17, 15) is 13.2 Å². The summed E-state index contributed by atoms with van der Waals surface area (Å²) in [6, 6.07) is 3.59. The van der Waals surface area contributed by atoms with Crippen molar-refractivity contribution in [1.82, 2.24) is 0 Å². The summed E-state index contributed by atoms with van der Waals surface area (Å²) < 4.78 is 44.2. The number of hydrogen-bond acceptors (Lipinski definition) is 2. The lowest BCUT2D eigenvalue weighted by molar-refractivity contribution is -0.137. The highest BCUT2D eigenvalue weighted by Gasteiger charge is 2.34. The summed E-state index contributed by atoms with van der Waals surface area (Å²) in [6.45, 7) is 0.530. The van der Waals surface area contributed by atoms with Crippen LogP contribution in [0.4, 0.5) is 13.2 Å².